The highest BCUT2D eigenvalue weighted by Crippen LogP contribution is 2.20. The average molecular weight is 496 g/mol. The molecule has 182 valence electrons. The van der Waals surface area contributed by atoms with Crippen molar-refractivity contribution >= 4 is 35.2 Å². The van der Waals surface area contributed by atoms with Crippen molar-refractivity contribution in [2.45, 2.75) is 31.3 Å². The predicted octanol–water partition coefficient (Wildman–Crippen LogP) is 2.77. The number of carboxylic acid groups (broad SMARTS) is 1. The van der Waals surface area contributed by atoms with E-state index < -0.39 is 5.97 Å². The van der Waals surface area contributed by atoms with Gasteiger partial charge in [0.1, 0.15) is 6.33 Å². The second-order valence-electron chi connectivity index (χ2n) is 8.29. The number of anilines is 1. The molecular formula is C24H26ClN7O3. The third-order valence-electron chi connectivity index (χ3n) is 5.76. The van der Waals surface area contributed by atoms with Crippen molar-refractivity contribution < 1.29 is 14.7 Å². The molecule has 11 heteroatoms. The van der Waals surface area contributed by atoms with Gasteiger partial charge in [0.15, 0.2) is 0 Å². The average Bonchev–Trinajstić information content (AvgIpc) is 3.56. The number of tetrazole rings is 1. The normalized spacial score (nSPS) is 16.3. The number of carboxylic acids is 1. The first-order valence-electron chi connectivity index (χ1n) is 11.3. The Hall–Kier alpha value is -3.76. The fourth-order valence-electron chi connectivity index (χ4n) is 4.02. The van der Waals surface area contributed by atoms with E-state index in [0.717, 1.165) is 31.5 Å². The van der Waals surface area contributed by atoms with E-state index in [0.29, 0.717) is 28.9 Å². The van der Waals surface area contributed by atoms with Crippen LogP contribution >= 0.6 is 11.6 Å². The smallest absolute Gasteiger partial charge is 0.335 e. The minimum atomic E-state index is -0.969. The number of hydrogen-bond donors (Lipinski definition) is 4. The monoisotopic (exact) mass is 495 g/mol. The van der Waals surface area contributed by atoms with E-state index in [4.69, 9.17) is 16.7 Å². The SMILES string of the molecule is O=C(/C=C/c1cc(Cl)ccc1-n1cnnn1)N[C@@H](CNc1ccc(C(=O)O)cc1)C[C@H]1CCCN1. The minimum absolute atomic E-state index is 0.139. The van der Waals surface area contributed by atoms with Crippen LogP contribution in [0.3, 0.4) is 0 Å². The Bertz CT molecular complexity index is 1180. The summed E-state index contributed by atoms with van der Waals surface area (Å²) in [6.07, 6.45) is 7.57. The summed E-state index contributed by atoms with van der Waals surface area (Å²) in [5.41, 5.74) is 2.41. The molecule has 0 radical (unpaired) electrons. The summed E-state index contributed by atoms with van der Waals surface area (Å²) >= 11 is 6.16. The quantitative estimate of drug-likeness (QED) is 0.315. The number of carbonyl (C=O) groups is 2. The zero-order chi connectivity index (χ0) is 24.6. The van der Waals surface area contributed by atoms with E-state index in [1.54, 1.807) is 48.5 Å². The minimum Gasteiger partial charge on any atom is -0.478 e. The molecule has 0 spiro atoms. The Morgan fingerprint density at radius 3 is 2.77 bits per heavy atom. The van der Waals surface area contributed by atoms with Crippen LogP contribution in [-0.4, -0.2) is 62.4 Å². The van der Waals surface area contributed by atoms with Crippen molar-refractivity contribution in [3.8, 4) is 5.69 Å². The highest BCUT2D eigenvalue weighted by Gasteiger charge is 2.20. The van der Waals surface area contributed by atoms with Crippen LogP contribution in [0.4, 0.5) is 5.69 Å². The van der Waals surface area contributed by atoms with Gasteiger partial charge in [-0.25, -0.2) is 4.79 Å². The Kier molecular flexibility index (Phi) is 8.07. The number of carbonyl (C=O) groups excluding carboxylic acids is 1. The van der Waals surface area contributed by atoms with E-state index in [-0.39, 0.29) is 17.5 Å². The molecule has 3 aromatic rings. The molecule has 0 unspecified atom stereocenters. The predicted molar refractivity (Wildman–Crippen MR) is 133 cm³/mol. The van der Waals surface area contributed by atoms with Crippen LogP contribution in [0.2, 0.25) is 5.02 Å². The summed E-state index contributed by atoms with van der Waals surface area (Å²) in [7, 11) is 0. The van der Waals surface area contributed by atoms with E-state index in [1.165, 1.54) is 17.1 Å². The number of nitrogens with one attached hydrogen (secondary N) is 3. The van der Waals surface area contributed by atoms with Gasteiger partial charge >= 0.3 is 5.97 Å². The van der Waals surface area contributed by atoms with Crippen molar-refractivity contribution in [3.63, 3.8) is 0 Å². The summed E-state index contributed by atoms with van der Waals surface area (Å²) in [5.74, 6) is -1.21. The van der Waals surface area contributed by atoms with Gasteiger partial charge in [-0.05, 0) is 84.8 Å². The Balaban J connectivity index is 1.42. The molecule has 10 nitrogen and oxygen atoms in total. The fourth-order valence-corrected chi connectivity index (χ4v) is 4.20. The molecule has 2 aromatic carbocycles. The topological polar surface area (TPSA) is 134 Å². The van der Waals surface area contributed by atoms with Crippen molar-refractivity contribution in [1.29, 1.82) is 0 Å². The zero-order valence-corrected chi connectivity index (χ0v) is 19.7. The number of amides is 1. The lowest BCUT2D eigenvalue weighted by molar-refractivity contribution is -0.117. The highest BCUT2D eigenvalue weighted by atomic mass is 35.5. The molecule has 1 aliphatic rings. The van der Waals surface area contributed by atoms with Gasteiger partial charge in [-0.15, -0.1) is 5.10 Å². The van der Waals surface area contributed by atoms with Gasteiger partial charge < -0.3 is 21.1 Å². The summed E-state index contributed by atoms with van der Waals surface area (Å²) in [5, 5.41) is 30.7. The summed E-state index contributed by atoms with van der Waals surface area (Å²) in [6, 6.07) is 12.0. The molecule has 0 aliphatic carbocycles. The first-order chi connectivity index (χ1) is 17.0. The van der Waals surface area contributed by atoms with E-state index in [9.17, 15) is 9.59 Å². The second-order valence-corrected chi connectivity index (χ2v) is 8.73. The van der Waals surface area contributed by atoms with Gasteiger partial charge in [-0.3, -0.25) is 4.79 Å². The maximum absolute atomic E-state index is 12.8. The van der Waals surface area contributed by atoms with E-state index in [2.05, 4.69) is 31.5 Å². The van der Waals surface area contributed by atoms with Crippen LogP contribution in [-0.2, 0) is 4.79 Å². The number of nitrogens with zero attached hydrogens (tertiary/aromatic N) is 4. The maximum atomic E-state index is 12.8. The summed E-state index contributed by atoms with van der Waals surface area (Å²) in [4.78, 5) is 23.9. The third-order valence-corrected chi connectivity index (χ3v) is 6.00. The van der Waals surface area contributed by atoms with Crippen molar-refractivity contribution in [2.75, 3.05) is 18.4 Å². The standard InChI is InChI=1S/C24H26ClN7O3/c25-18-6-9-22(32-15-28-30-31-32)17(12-18)5-10-23(33)29-21(13-20-2-1-11-26-20)14-27-19-7-3-16(4-8-19)24(34)35/h3-10,12,15,20-21,26-27H,1-2,11,13-14H2,(H,29,33)(H,34,35)/b10-5+/t20-,21-/m1/s1. The van der Waals surface area contributed by atoms with Gasteiger partial charge in [0, 0.05) is 41.0 Å². The number of hydrogen-bond acceptors (Lipinski definition) is 7. The van der Waals surface area contributed by atoms with Gasteiger partial charge in [0.25, 0.3) is 0 Å². The lowest BCUT2D eigenvalue weighted by Crippen LogP contribution is -2.42. The fraction of sp³-hybridized carbons (Fsp3) is 0.292. The Morgan fingerprint density at radius 2 is 2.09 bits per heavy atom. The zero-order valence-electron chi connectivity index (χ0n) is 18.9. The van der Waals surface area contributed by atoms with Gasteiger partial charge in [-0.2, -0.15) is 4.68 Å². The van der Waals surface area contributed by atoms with Gasteiger partial charge in [-0.1, -0.05) is 11.6 Å². The first-order valence-corrected chi connectivity index (χ1v) is 11.7. The lowest BCUT2D eigenvalue weighted by atomic mass is 10.0. The van der Waals surface area contributed by atoms with E-state index >= 15 is 0 Å². The van der Waals surface area contributed by atoms with E-state index in [1.807, 2.05) is 0 Å². The van der Waals surface area contributed by atoms with Crippen molar-refractivity contribution in [1.82, 2.24) is 30.8 Å². The van der Waals surface area contributed by atoms with Crippen LogP contribution < -0.4 is 16.0 Å². The molecule has 1 fully saturated rings. The Labute approximate surface area is 207 Å². The molecule has 4 N–H and O–H groups in total. The van der Waals surface area contributed by atoms with Crippen molar-refractivity contribution in [3.05, 3.63) is 71.0 Å². The van der Waals surface area contributed by atoms with Crippen LogP contribution in [0.1, 0.15) is 35.2 Å². The number of halogens is 1. The number of benzene rings is 2. The molecule has 35 heavy (non-hydrogen) atoms. The van der Waals surface area contributed by atoms with Gasteiger partial charge in [0.05, 0.1) is 11.3 Å². The molecule has 1 aromatic heterocycles. The van der Waals surface area contributed by atoms with Crippen molar-refractivity contribution in [2.24, 2.45) is 0 Å². The third kappa shape index (κ3) is 6.87. The van der Waals surface area contributed by atoms with Crippen LogP contribution in [0.5, 0.6) is 0 Å². The first kappa shape index (κ1) is 24.4. The Morgan fingerprint density at radius 1 is 1.26 bits per heavy atom. The molecule has 2 atom stereocenters. The molecular weight excluding hydrogens is 470 g/mol. The molecule has 0 bridgehead atoms. The maximum Gasteiger partial charge on any atom is 0.335 e. The lowest BCUT2D eigenvalue weighted by Gasteiger charge is -2.22. The van der Waals surface area contributed by atoms with Crippen LogP contribution in [0.25, 0.3) is 11.8 Å². The largest absolute Gasteiger partial charge is 0.478 e. The number of aromatic carboxylic acids is 1. The second kappa shape index (κ2) is 11.6. The molecule has 0 saturated carbocycles. The summed E-state index contributed by atoms with van der Waals surface area (Å²) in [6.45, 7) is 1.47. The molecule has 1 saturated heterocycles. The van der Waals surface area contributed by atoms with Gasteiger partial charge in [0.2, 0.25) is 5.91 Å². The molecule has 1 amide bonds. The number of rotatable bonds is 10. The van der Waals surface area contributed by atoms with Crippen LogP contribution in [0, 0.1) is 0 Å². The highest BCUT2D eigenvalue weighted by molar-refractivity contribution is 6.30. The number of aromatic nitrogens is 4. The summed E-state index contributed by atoms with van der Waals surface area (Å²) < 4.78 is 1.50. The van der Waals surface area contributed by atoms with Crippen LogP contribution in [0.15, 0.2) is 54.9 Å². The molecule has 4 rings (SSSR count). The molecule has 2 heterocycles. The molecule has 1 aliphatic heterocycles.